The van der Waals surface area contributed by atoms with Crippen LogP contribution in [0.4, 0.5) is 0 Å². The average molecular weight is 151 g/mol. The van der Waals surface area contributed by atoms with E-state index in [0.717, 1.165) is 17.8 Å². The van der Waals surface area contributed by atoms with Crippen LogP contribution in [0.1, 0.15) is 20.3 Å². The second kappa shape index (κ2) is 2.63. The maximum Gasteiger partial charge on any atom is 0.00176 e. The van der Waals surface area contributed by atoms with E-state index in [-0.39, 0.29) is 0 Å². The van der Waals surface area contributed by atoms with Crippen molar-refractivity contribution in [2.75, 3.05) is 13.1 Å². The highest BCUT2D eigenvalue weighted by atomic mass is 14.9. The van der Waals surface area contributed by atoms with Crippen LogP contribution in [0, 0.1) is 17.8 Å². The van der Waals surface area contributed by atoms with Gasteiger partial charge in [-0.3, -0.25) is 0 Å². The van der Waals surface area contributed by atoms with Crippen molar-refractivity contribution in [1.82, 2.24) is 5.32 Å². The first-order valence-electron chi connectivity index (χ1n) is 4.68. The fourth-order valence-corrected chi connectivity index (χ4v) is 2.25. The van der Waals surface area contributed by atoms with Gasteiger partial charge >= 0.3 is 0 Å². The highest BCUT2D eigenvalue weighted by Crippen LogP contribution is 2.36. The summed E-state index contributed by atoms with van der Waals surface area (Å²) in [7, 11) is 0. The Bertz CT molecular complexity index is 181. The zero-order valence-corrected chi connectivity index (χ0v) is 7.43. The molecule has 2 aliphatic rings. The van der Waals surface area contributed by atoms with Crippen LogP contribution < -0.4 is 5.32 Å². The number of allylic oxidation sites excluding steroid dienone is 1. The van der Waals surface area contributed by atoms with E-state index >= 15 is 0 Å². The smallest absolute Gasteiger partial charge is 0.00176 e. The Morgan fingerprint density at radius 1 is 1.45 bits per heavy atom. The summed E-state index contributed by atoms with van der Waals surface area (Å²) in [5, 5.41) is 3.44. The number of nitrogens with one attached hydrogen (secondary N) is 1. The molecule has 0 unspecified atom stereocenters. The molecule has 1 heterocycles. The Morgan fingerprint density at radius 3 is 2.91 bits per heavy atom. The largest absolute Gasteiger partial charge is 0.316 e. The van der Waals surface area contributed by atoms with Gasteiger partial charge in [0.25, 0.3) is 0 Å². The summed E-state index contributed by atoms with van der Waals surface area (Å²) in [6, 6.07) is 0. The Balaban J connectivity index is 2.07. The molecule has 1 fully saturated rings. The molecule has 0 aromatic rings. The maximum absolute atomic E-state index is 3.44. The molecule has 0 spiro atoms. The lowest BCUT2D eigenvalue weighted by molar-refractivity contribution is 0.518. The Kier molecular flexibility index (Phi) is 1.76. The van der Waals surface area contributed by atoms with Crippen LogP contribution in [-0.2, 0) is 0 Å². The fraction of sp³-hybridized carbons (Fsp3) is 0.800. The quantitative estimate of drug-likeness (QED) is 0.564. The highest BCUT2D eigenvalue weighted by Gasteiger charge is 2.31. The average Bonchev–Trinajstić information content (AvgIpc) is 2.40. The van der Waals surface area contributed by atoms with Crippen LogP contribution in [0.25, 0.3) is 0 Å². The lowest BCUT2D eigenvalue weighted by atomic mass is 9.97. The predicted octanol–water partition coefficient (Wildman–Crippen LogP) is 1.81. The molecule has 0 bridgehead atoms. The molecule has 0 amide bonds. The lowest BCUT2D eigenvalue weighted by Crippen LogP contribution is -2.10. The van der Waals surface area contributed by atoms with Crippen LogP contribution in [0.15, 0.2) is 11.6 Å². The number of hydrogen-bond donors (Lipinski definition) is 1. The molecule has 1 heteroatoms. The molecular formula is C10H17N. The van der Waals surface area contributed by atoms with Crippen molar-refractivity contribution in [2.24, 2.45) is 17.8 Å². The number of hydrogen-bond acceptors (Lipinski definition) is 1. The van der Waals surface area contributed by atoms with E-state index in [1.165, 1.54) is 19.5 Å². The molecule has 1 aliphatic heterocycles. The topological polar surface area (TPSA) is 12.0 Å². The normalized spacial score (nSPS) is 36.1. The van der Waals surface area contributed by atoms with E-state index in [0.29, 0.717) is 0 Å². The summed E-state index contributed by atoms with van der Waals surface area (Å²) in [6.45, 7) is 7.08. The molecule has 0 saturated carbocycles. The molecule has 62 valence electrons. The van der Waals surface area contributed by atoms with Crippen molar-refractivity contribution >= 4 is 0 Å². The molecular weight excluding hydrogens is 134 g/mol. The molecule has 1 aliphatic carbocycles. The third-order valence-corrected chi connectivity index (χ3v) is 3.06. The van der Waals surface area contributed by atoms with Gasteiger partial charge < -0.3 is 5.32 Å². The van der Waals surface area contributed by atoms with Crippen molar-refractivity contribution in [3.8, 4) is 0 Å². The molecule has 0 radical (unpaired) electrons. The standard InChI is InChI=1S/C10H17N/c1-7(2)8-3-9-5-11-6-10(9)4-8/h3,7,9-11H,4-6H2,1-2H3/t9-,10+/m1/s1. The highest BCUT2D eigenvalue weighted by molar-refractivity contribution is 5.18. The van der Waals surface area contributed by atoms with Gasteiger partial charge in [-0.05, 0) is 30.7 Å². The van der Waals surface area contributed by atoms with Gasteiger partial charge in [-0.15, -0.1) is 0 Å². The van der Waals surface area contributed by atoms with Gasteiger partial charge in [-0.25, -0.2) is 0 Å². The predicted molar refractivity (Wildman–Crippen MR) is 47.4 cm³/mol. The molecule has 2 rings (SSSR count). The van der Waals surface area contributed by atoms with E-state index in [4.69, 9.17) is 0 Å². The summed E-state index contributed by atoms with van der Waals surface area (Å²) in [4.78, 5) is 0. The van der Waals surface area contributed by atoms with Gasteiger partial charge in [-0.1, -0.05) is 25.5 Å². The molecule has 1 saturated heterocycles. The van der Waals surface area contributed by atoms with Crippen molar-refractivity contribution in [3.63, 3.8) is 0 Å². The van der Waals surface area contributed by atoms with Crippen LogP contribution in [0.5, 0.6) is 0 Å². The Morgan fingerprint density at radius 2 is 2.27 bits per heavy atom. The molecule has 2 atom stereocenters. The minimum absolute atomic E-state index is 0.778. The zero-order chi connectivity index (χ0) is 7.84. The van der Waals surface area contributed by atoms with Crippen LogP contribution in [-0.4, -0.2) is 13.1 Å². The fourth-order valence-electron chi connectivity index (χ4n) is 2.25. The van der Waals surface area contributed by atoms with Gasteiger partial charge in [-0.2, -0.15) is 0 Å². The molecule has 0 aromatic carbocycles. The monoisotopic (exact) mass is 151 g/mol. The van der Waals surface area contributed by atoms with E-state index in [1.807, 2.05) is 0 Å². The van der Waals surface area contributed by atoms with Crippen LogP contribution in [0.2, 0.25) is 0 Å². The third-order valence-electron chi connectivity index (χ3n) is 3.06. The zero-order valence-electron chi connectivity index (χ0n) is 7.43. The van der Waals surface area contributed by atoms with E-state index in [2.05, 4.69) is 25.2 Å². The van der Waals surface area contributed by atoms with Crippen molar-refractivity contribution in [2.45, 2.75) is 20.3 Å². The second-order valence-corrected chi connectivity index (χ2v) is 4.18. The van der Waals surface area contributed by atoms with E-state index < -0.39 is 0 Å². The minimum Gasteiger partial charge on any atom is -0.316 e. The number of rotatable bonds is 1. The van der Waals surface area contributed by atoms with Crippen molar-refractivity contribution < 1.29 is 0 Å². The number of fused-ring (bicyclic) bond motifs is 1. The minimum atomic E-state index is 0.778. The van der Waals surface area contributed by atoms with E-state index in [9.17, 15) is 0 Å². The van der Waals surface area contributed by atoms with Gasteiger partial charge in [0, 0.05) is 6.54 Å². The first kappa shape index (κ1) is 7.35. The summed E-state index contributed by atoms with van der Waals surface area (Å²) in [5.41, 5.74) is 1.70. The molecule has 0 aromatic heterocycles. The van der Waals surface area contributed by atoms with Crippen LogP contribution >= 0.6 is 0 Å². The maximum atomic E-state index is 3.44. The lowest BCUT2D eigenvalue weighted by Gasteiger charge is -2.08. The van der Waals surface area contributed by atoms with Crippen LogP contribution in [0.3, 0.4) is 0 Å². The van der Waals surface area contributed by atoms with Crippen molar-refractivity contribution in [3.05, 3.63) is 11.6 Å². The summed E-state index contributed by atoms with van der Waals surface area (Å²) in [5.74, 6) is 2.58. The summed E-state index contributed by atoms with van der Waals surface area (Å²) in [6.07, 6.45) is 3.87. The molecule has 1 nitrogen and oxygen atoms in total. The summed E-state index contributed by atoms with van der Waals surface area (Å²) >= 11 is 0. The third kappa shape index (κ3) is 1.22. The Labute approximate surface area is 68.9 Å². The second-order valence-electron chi connectivity index (χ2n) is 4.18. The SMILES string of the molecule is CC(C)C1=C[C@@H]2CNC[C@@H]2C1. The van der Waals surface area contributed by atoms with Gasteiger partial charge in [0.2, 0.25) is 0 Å². The molecule has 11 heavy (non-hydrogen) atoms. The first-order chi connectivity index (χ1) is 5.27. The van der Waals surface area contributed by atoms with Gasteiger partial charge in [0.1, 0.15) is 0 Å². The molecule has 1 N–H and O–H groups in total. The first-order valence-corrected chi connectivity index (χ1v) is 4.68. The summed E-state index contributed by atoms with van der Waals surface area (Å²) < 4.78 is 0. The van der Waals surface area contributed by atoms with E-state index in [1.54, 1.807) is 5.57 Å². The van der Waals surface area contributed by atoms with Crippen molar-refractivity contribution in [1.29, 1.82) is 0 Å². The Hall–Kier alpha value is -0.300. The van der Waals surface area contributed by atoms with Gasteiger partial charge in [0.15, 0.2) is 0 Å². The van der Waals surface area contributed by atoms with Gasteiger partial charge in [0.05, 0.1) is 0 Å².